The lowest BCUT2D eigenvalue weighted by Gasteiger charge is -2.36. The van der Waals surface area contributed by atoms with E-state index in [2.05, 4.69) is 26.1 Å². The van der Waals surface area contributed by atoms with Crippen LogP contribution in [0.4, 0.5) is 5.69 Å². The van der Waals surface area contributed by atoms with Gasteiger partial charge in [-0.1, -0.05) is 49.6 Å². The van der Waals surface area contributed by atoms with Crippen LogP contribution in [0.15, 0.2) is 29.4 Å². The molecule has 2 aromatic rings. The number of anilines is 1. The van der Waals surface area contributed by atoms with Crippen LogP contribution in [0.2, 0.25) is 0 Å². The van der Waals surface area contributed by atoms with Gasteiger partial charge in [-0.3, -0.25) is 9.89 Å². The van der Waals surface area contributed by atoms with Crippen molar-refractivity contribution in [3.05, 3.63) is 30.1 Å². The van der Waals surface area contributed by atoms with Gasteiger partial charge in [0.1, 0.15) is 11.6 Å². The number of amides is 1. The summed E-state index contributed by atoms with van der Waals surface area (Å²) in [5.41, 5.74) is 1.09. The topological polar surface area (TPSA) is 74.3 Å². The number of hydrogen-bond acceptors (Lipinski definition) is 6. The number of carbonyl (C=O) groups excluding carboxylic acids is 1. The zero-order chi connectivity index (χ0) is 20.1. The molecule has 0 atom stereocenters. The quantitative estimate of drug-likeness (QED) is 0.701. The summed E-state index contributed by atoms with van der Waals surface area (Å²) in [6.45, 7) is 3.06. The molecule has 1 amide bonds. The molecular weight excluding hydrogens is 386 g/mol. The molecule has 1 aliphatic carbocycles. The van der Waals surface area contributed by atoms with Crippen molar-refractivity contribution in [1.29, 1.82) is 0 Å². The number of carbonyl (C=O) groups is 1. The molecule has 0 radical (unpaired) electrons. The molecule has 4 rings (SSSR count). The summed E-state index contributed by atoms with van der Waals surface area (Å²) in [7, 11) is 1.69. The number of nitrogens with one attached hydrogen (secondary N) is 1. The highest BCUT2D eigenvalue weighted by molar-refractivity contribution is 7.99. The van der Waals surface area contributed by atoms with Gasteiger partial charge in [-0.25, -0.2) is 4.98 Å². The van der Waals surface area contributed by atoms with Crippen LogP contribution in [0.3, 0.4) is 0 Å². The van der Waals surface area contributed by atoms with Crippen molar-refractivity contribution in [3.63, 3.8) is 0 Å². The van der Waals surface area contributed by atoms with Gasteiger partial charge >= 0.3 is 0 Å². The SMILES string of the molecule is COc1ccccc1N1CCN(C(=O)CSc2n[nH]c(CC3CCCC3)n2)CC1. The van der Waals surface area contributed by atoms with E-state index in [1.165, 1.54) is 37.4 Å². The van der Waals surface area contributed by atoms with E-state index in [1.807, 2.05) is 23.1 Å². The van der Waals surface area contributed by atoms with E-state index >= 15 is 0 Å². The van der Waals surface area contributed by atoms with Crippen molar-refractivity contribution in [2.45, 2.75) is 37.3 Å². The summed E-state index contributed by atoms with van der Waals surface area (Å²) in [4.78, 5) is 21.4. The van der Waals surface area contributed by atoms with Crippen molar-refractivity contribution in [3.8, 4) is 5.75 Å². The Kier molecular flexibility index (Phi) is 6.59. The predicted molar refractivity (Wildman–Crippen MR) is 115 cm³/mol. The molecular formula is C21H29N5O2S. The number of methoxy groups -OCH3 is 1. The third-order valence-electron chi connectivity index (χ3n) is 5.85. The first-order valence-electron chi connectivity index (χ1n) is 10.4. The summed E-state index contributed by atoms with van der Waals surface area (Å²) < 4.78 is 5.46. The molecule has 0 bridgehead atoms. The van der Waals surface area contributed by atoms with Crippen molar-refractivity contribution >= 4 is 23.4 Å². The van der Waals surface area contributed by atoms with E-state index in [4.69, 9.17) is 4.74 Å². The van der Waals surface area contributed by atoms with E-state index in [0.717, 1.165) is 55.8 Å². The van der Waals surface area contributed by atoms with Crippen LogP contribution in [0.1, 0.15) is 31.5 Å². The molecule has 2 heterocycles. The Bertz CT molecular complexity index is 813. The molecule has 1 aromatic carbocycles. The minimum atomic E-state index is 0.150. The van der Waals surface area contributed by atoms with Gasteiger partial charge in [0, 0.05) is 32.6 Å². The number of nitrogens with zero attached hydrogens (tertiary/aromatic N) is 4. The number of aromatic nitrogens is 3. The molecule has 1 aromatic heterocycles. The number of benzene rings is 1. The fourth-order valence-corrected chi connectivity index (χ4v) is 4.95. The van der Waals surface area contributed by atoms with Crippen molar-refractivity contribution < 1.29 is 9.53 Å². The van der Waals surface area contributed by atoms with Gasteiger partial charge in [0.05, 0.1) is 18.6 Å². The standard InChI is InChI=1S/C21H29N5O2S/c1-28-18-9-5-4-8-17(18)25-10-12-26(13-11-25)20(27)15-29-21-22-19(23-24-21)14-16-6-2-3-7-16/h4-5,8-9,16H,2-3,6-7,10-15H2,1H3,(H,22,23,24). The Morgan fingerprint density at radius 2 is 1.97 bits per heavy atom. The van der Waals surface area contributed by atoms with Crippen LogP contribution >= 0.6 is 11.8 Å². The van der Waals surface area contributed by atoms with E-state index in [9.17, 15) is 4.79 Å². The molecule has 0 spiro atoms. The number of piperazine rings is 1. The number of hydrogen-bond donors (Lipinski definition) is 1. The summed E-state index contributed by atoms with van der Waals surface area (Å²) in [6.07, 6.45) is 6.23. The van der Waals surface area contributed by atoms with E-state index < -0.39 is 0 Å². The van der Waals surface area contributed by atoms with E-state index in [-0.39, 0.29) is 5.91 Å². The molecule has 1 saturated carbocycles. The molecule has 1 aliphatic heterocycles. The van der Waals surface area contributed by atoms with Crippen LogP contribution in [0.5, 0.6) is 5.75 Å². The van der Waals surface area contributed by atoms with E-state index in [0.29, 0.717) is 10.9 Å². The van der Waals surface area contributed by atoms with Gasteiger partial charge in [-0.2, -0.15) is 0 Å². The smallest absolute Gasteiger partial charge is 0.233 e. The van der Waals surface area contributed by atoms with Gasteiger partial charge in [0.15, 0.2) is 0 Å². The molecule has 8 heteroatoms. The monoisotopic (exact) mass is 415 g/mol. The summed E-state index contributed by atoms with van der Waals surface area (Å²) in [5, 5.41) is 8.01. The Morgan fingerprint density at radius 3 is 2.72 bits per heavy atom. The molecule has 7 nitrogen and oxygen atoms in total. The lowest BCUT2D eigenvalue weighted by Crippen LogP contribution is -2.49. The molecule has 1 N–H and O–H groups in total. The summed E-state index contributed by atoms with van der Waals surface area (Å²) in [6, 6.07) is 8.03. The van der Waals surface area contributed by atoms with Crippen molar-refractivity contribution in [2.75, 3.05) is 43.9 Å². The predicted octanol–water partition coefficient (Wildman–Crippen LogP) is 2.99. The maximum absolute atomic E-state index is 12.6. The highest BCUT2D eigenvalue weighted by Crippen LogP contribution is 2.29. The molecule has 1 saturated heterocycles. The highest BCUT2D eigenvalue weighted by Gasteiger charge is 2.23. The summed E-state index contributed by atoms with van der Waals surface area (Å²) >= 11 is 1.43. The third-order valence-corrected chi connectivity index (χ3v) is 6.68. The summed E-state index contributed by atoms with van der Waals surface area (Å²) in [5.74, 6) is 3.10. The van der Waals surface area contributed by atoms with Gasteiger partial charge in [0.25, 0.3) is 0 Å². The maximum Gasteiger partial charge on any atom is 0.233 e. The molecule has 0 unspecified atom stereocenters. The lowest BCUT2D eigenvalue weighted by molar-refractivity contribution is -0.128. The van der Waals surface area contributed by atoms with Gasteiger partial charge < -0.3 is 14.5 Å². The molecule has 2 fully saturated rings. The first kappa shape index (κ1) is 20.1. The maximum atomic E-state index is 12.6. The first-order chi connectivity index (χ1) is 14.2. The van der Waals surface area contributed by atoms with Gasteiger partial charge in [0.2, 0.25) is 11.1 Å². The average molecular weight is 416 g/mol. The fourth-order valence-electron chi connectivity index (χ4n) is 4.23. The molecule has 2 aliphatic rings. The first-order valence-corrected chi connectivity index (χ1v) is 11.4. The lowest BCUT2D eigenvalue weighted by atomic mass is 10.0. The second-order valence-electron chi connectivity index (χ2n) is 7.75. The Labute approximate surface area is 176 Å². The van der Waals surface area contributed by atoms with Crippen LogP contribution < -0.4 is 9.64 Å². The number of H-pyrrole nitrogens is 1. The Balaban J connectivity index is 1.23. The van der Waals surface area contributed by atoms with Crippen LogP contribution in [0, 0.1) is 5.92 Å². The zero-order valence-corrected chi connectivity index (χ0v) is 17.8. The molecule has 29 heavy (non-hydrogen) atoms. The van der Waals surface area contributed by atoms with Crippen LogP contribution in [0.25, 0.3) is 0 Å². The van der Waals surface area contributed by atoms with Crippen molar-refractivity contribution in [1.82, 2.24) is 20.1 Å². The average Bonchev–Trinajstić information content (AvgIpc) is 3.44. The third kappa shape index (κ3) is 5.04. The second-order valence-corrected chi connectivity index (χ2v) is 8.69. The van der Waals surface area contributed by atoms with Gasteiger partial charge in [-0.15, -0.1) is 5.10 Å². The fraction of sp³-hybridized carbons (Fsp3) is 0.571. The Hall–Kier alpha value is -2.22. The van der Waals surface area contributed by atoms with E-state index in [1.54, 1.807) is 7.11 Å². The Morgan fingerprint density at radius 1 is 1.21 bits per heavy atom. The largest absolute Gasteiger partial charge is 0.495 e. The minimum Gasteiger partial charge on any atom is -0.495 e. The van der Waals surface area contributed by atoms with Crippen LogP contribution in [-0.2, 0) is 11.2 Å². The van der Waals surface area contributed by atoms with Crippen LogP contribution in [-0.4, -0.2) is 65.0 Å². The highest BCUT2D eigenvalue weighted by atomic mass is 32.2. The second kappa shape index (κ2) is 9.52. The normalized spacial score (nSPS) is 17.7. The minimum absolute atomic E-state index is 0.150. The number of para-hydroxylation sites is 2. The van der Waals surface area contributed by atoms with Gasteiger partial charge in [-0.05, 0) is 18.1 Å². The number of thioether (sulfide) groups is 1. The van der Waals surface area contributed by atoms with Crippen molar-refractivity contribution in [2.24, 2.45) is 5.92 Å². The number of rotatable bonds is 7. The molecule has 156 valence electrons. The number of aromatic amines is 1. The zero-order valence-electron chi connectivity index (χ0n) is 17.0. The number of ether oxygens (including phenoxy) is 1.